The Morgan fingerprint density at radius 1 is 0.586 bits per heavy atom. The SMILES string of the molecule is CCCCC(CC)COc1c2cc(-c3cc(-c4ccc(N(c5ccc(C)cc5)c5ccc(C)cc5)cc4)c(C)s3)oc2c(OCC(CC)CCCC)c2cc(C)oc12. The van der Waals surface area contributed by atoms with E-state index in [9.17, 15) is 0 Å². The van der Waals surface area contributed by atoms with Gasteiger partial charge in [-0.05, 0) is 118 Å². The normalized spacial score (nSPS) is 12.7. The van der Waals surface area contributed by atoms with E-state index in [-0.39, 0.29) is 0 Å². The molecule has 3 heterocycles. The molecule has 0 saturated carbocycles. The average molecular weight is 796 g/mol. The molecule has 6 heteroatoms. The maximum Gasteiger partial charge on any atom is 0.181 e. The van der Waals surface area contributed by atoms with Crippen LogP contribution in [-0.2, 0) is 0 Å². The molecule has 4 aromatic carbocycles. The second-order valence-electron chi connectivity index (χ2n) is 16.2. The van der Waals surface area contributed by atoms with Gasteiger partial charge < -0.3 is 23.2 Å². The summed E-state index contributed by atoms with van der Waals surface area (Å²) in [6, 6.07) is 32.9. The molecule has 58 heavy (non-hydrogen) atoms. The van der Waals surface area contributed by atoms with Gasteiger partial charge in [0.05, 0.1) is 28.9 Å². The van der Waals surface area contributed by atoms with Crippen LogP contribution < -0.4 is 14.4 Å². The number of rotatable bonds is 19. The molecule has 0 fully saturated rings. The van der Waals surface area contributed by atoms with Crippen molar-refractivity contribution in [3.63, 3.8) is 0 Å². The van der Waals surface area contributed by atoms with Crippen LogP contribution in [0.15, 0.2) is 99.8 Å². The van der Waals surface area contributed by atoms with Gasteiger partial charge >= 0.3 is 0 Å². The first-order valence-corrected chi connectivity index (χ1v) is 22.4. The lowest BCUT2D eigenvalue weighted by molar-refractivity contribution is 0.231. The molecule has 3 aromatic heterocycles. The van der Waals surface area contributed by atoms with Crippen LogP contribution in [0.2, 0.25) is 0 Å². The summed E-state index contributed by atoms with van der Waals surface area (Å²) in [6.45, 7) is 18.8. The lowest BCUT2D eigenvalue weighted by Gasteiger charge is -2.26. The molecule has 0 aliphatic rings. The average Bonchev–Trinajstić information content (AvgIpc) is 3.96. The Kier molecular flexibility index (Phi) is 13.3. The third kappa shape index (κ3) is 9.03. The van der Waals surface area contributed by atoms with Gasteiger partial charge in [0.2, 0.25) is 0 Å². The van der Waals surface area contributed by atoms with Gasteiger partial charge in [0, 0.05) is 21.9 Å². The predicted octanol–water partition coefficient (Wildman–Crippen LogP) is 16.5. The standard InChI is InChI=1S/C52H61NO4S/c1-9-13-15-38(11-3)32-54-49-45-29-36(7)56-51(45)50(55-33-39(12-4)16-14-10-2)46-30-47(57-52(46)49)48-31-44(37(8)58-48)40-21-27-43(28-22-40)53(41-23-17-34(5)18-24-41)42-25-19-35(6)20-26-42/h17-31,38-39H,9-16,32-33H2,1-8H3. The largest absolute Gasteiger partial charge is 0.489 e. The molecule has 0 aliphatic heterocycles. The number of hydrogen-bond acceptors (Lipinski definition) is 6. The highest BCUT2D eigenvalue weighted by Gasteiger charge is 2.26. The van der Waals surface area contributed by atoms with Crippen LogP contribution in [0.1, 0.15) is 101 Å². The number of hydrogen-bond donors (Lipinski definition) is 0. The molecular weight excluding hydrogens is 735 g/mol. The number of aryl methyl sites for hydroxylation is 4. The van der Waals surface area contributed by atoms with Crippen molar-refractivity contribution in [2.75, 3.05) is 18.1 Å². The van der Waals surface area contributed by atoms with Gasteiger partial charge in [-0.3, -0.25) is 0 Å². The highest BCUT2D eigenvalue weighted by atomic mass is 32.1. The maximum absolute atomic E-state index is 6.91. The highest BCUT2D eigenvalue weighted by molar-refractivity contribution is 7.15. The minimum atomic E-state index is 0.474. The van der Waals surface area contributed by atoms with E-state index >= 15 is 0 Å². The van der Waals surface area contributed by atoms with Gasteiger partial charge in [0.1, 0.15) is 11.5 Å². The molecule has 7 aromatic rings. The minimum Gasteiger partial charge on any atom is -0.489 e. The lowest BCUT2D eigenvalue weighted by Crippen LogP contribution is -2.12. The quantitative estimate of drug-likeness (QED) is 0.0816. The summed E-state index contributed by atoms with van der Waals surface area (Å²) < 4.78 is 26.9. The van der Waals surface area contributed by atoms with Gasteiger partial charge in [0.15, 0.2) is 22.7 Å². The summed E-state index contributed by atoms with van der Waals surface area (Å²) in [5, 5.41) is 1.82. The van der Waals surface area contributed by atoms with Gasteiger partial charge in [-0.15, -0.1) is 11.3 Å². The van der Waals surface area contributed by atoms with Crippen molar-refractivity contribution in [2.24, 2.45) is 11.8 Å². The predicted molar refractivity (Wildman–Crippen MR) is 246 cm³/mol. The van der Waals surface area contributed by atoms with Gasteiger partial charge in [-0.1, -0.05) is 114 Å². The lowest BCUT2D eigenvalue weighted by atomic mass is 10.0. The summed E-state index contributed by atoms with van der Waals surface area (Å²) in [4.78, 5) is 4.62. The van der Waals surface area contributed by atoms with Crippen LogP contribution in [0.4, 0.5) is 17.1 Å². The number of unbranched alkanes of at least 4 members (excludes halogenated alkanes) is 2. The number of fused-ring (bicyclic) bond motifs is 2. The summed E-state index contributed by atoms with van der Waals surface area (Å²) in [5.74, 6) is 4.10. The second kappa shape index (κ2) is 18.8. The molecule has 0 aliphatic carbocycles. The zero-order valence-corrected chi connectivity index (χ0v) is 36.7. The van der Waals surface area contributed by atoms with Gasteiger partial charge in [-0.25, -0.2) is 0 Å². The van der Waals surface area contributed by atoms with Crippen LogP contribution in [0, 0.1) is 39.5 Å². The third-order valence-corrected chi connectivity index (χ3v) is 12.7. The smallest absolute Gasteiger partial charge is 0.181 e. The Morgan fingerprint density at radius 3 is 1.57 bits per heavy atom. The van der Waals surface area contributed by atoms with E-state index in [2.05, 4.69) is 144 Å². The van der Waals surface area contributed by atoms with Crippen molar-refractivity contribution in [2.45, 2.75) is 107 Å². The first kappa shape index (κ1) is 41.2. The first-order valence-electron chi connectivity index (χ1n) is 21.6. The van der Waals surface area contributed by atoms with E-state index in [1.54, 1.807) is 11.3 Å². The molecule has 0 radical (unpaired) electrons. The number of benzene rings is 4. The Morgan fingerprint density at radius 2 is 1.07 bits per heavy atom. The third-order valence-electron chi connectivity index (χ3n) is 11.7. The summed E-state index contributed by atoms with van der Waals surface area (Å²) >= 11 is 1.76. The van der Waals surface area contributed by atoms with Crippen molar-refractivity contribution in [1.29, 1.82) is 0 Å². The molecule has 0 N–H and O–H groups in total. The van der Waals surface area contributed by atoms with Crippen molar-refractivity contribution in [3.05, 3.63) is 113 Å². The van der Waals surface area contributed by atoms with Crippen LogP contribution >= 0.6 is 11.3 Å². The van der Waals surface area contributed by atoms with E-state index in [0.717, 1.165) is 92.6 Å². The number of thiophene rings is 1. The van der Waals surface area contributed by atoms with Crippen molar-refractivity contribution >= 4 is 50.3 Å². The van der Waals surface area contributed by atoms with Crippen molar-refractivity contribution in [1.82, 2.24) is 0 Å². The molecule has 0 saturated heterocycles. The first-order chi connectivity index (χ1) is 28.2. The number of ether oxygens (including phenoxy) is 2. The summed E-state index contributed by atoms with van der Waals surface area (Å²) in [6.07, 6.45) is 9.22. The Balaban J connectivity index is 1.26. The number of nitrogens with zero attached hydrogens (tertiary/aromatic N) is 1. The molecule has 2 unspecified atom stereocenters. The van der Waals surface area contributed by atoms with Crippen LogP contribution in [-0.4, -0.2) is 13.2 Å². The topological polar surface area (TPSA) is 48.0 Å². The Bertz CT molecular complexity index is 2280. The molecular formula is C52H61NO4S. The summed E-state index contributed by atoms with van der Waals surface area (Å²) in [7, 11) is 0. The zero-order chi connectivity index (χ0) is 40.8. The van der Waals surface area contributed by atoms with E-state index in [4.69, 9.17) is 18.3 Å². The van der Waals surface area contributed by atoms with Crippen LogP contribution in [0.25, 0.3) is 43.7 Å². The fourth-order valence-corrected chi connectivity index (χ4v) is 8.94. The maximum atomic E-state index is 6.91. The molecule has 0 bridgehead atoms. The van der Waals surface area contributed by atoms with E-state index in [1.165, 1.54) is 52.8 Å². The second-order valence-corrected chi connectivity index (χ2v) is 17.5. The molecule has 0 spiro atoms. The fraction of sp³-hybridized carbons (Fsp3) is 0.385. The summed E-state index contributed by atoms with van der Waals surface area (Å²) in [5.41, 5.74) is 9.71. The molecule has 7 rings (SSSR count). The van der Waals surface area contributed by atoms with E-state index in [0.29, 0.717) is 25.0 Å². The molecule has 5 nitrogen and oxygen atoms in total. The molecule has 0 amide bonds. The minimum absolute atomic E-state index is 0.474. The van der Waals surface area contributed by atoms with Crippen LogP contribution in [0.5, 0.6) is 11.5 Å². The van der Waals surface area contributed by atoms with Crippen molar-refractivity contribution < 1.29 is 18.3 Å². The molecule has 304 valence electrons. The monoisotopic (exact) mass is 795 g/mol. The van der Waals surface area contributed by atoms with E-state index in [1.807, 2.05) is 6.92 Å². The van der Waals surface area contributed by atoms with Gasteiger partial charge in [0.25, 0.3) is 0 Å². The van der Waals surface area contributed by atoms with Gasteiger partial charge in [-0.2, -0.15) is 0 Å². The Labute approximate surface area is 350 Å². The Hall–Kier alpha value is -4.94. The number of furan rings is 2. The zero-order valence-electron chi connectivity index (χ0n) is 35.9. The van der Waals surface area contributed by atoms with E-state index < -0.39 is 0 Å². The van der Waals surface area contributed by atoms with Crippen molar-refractivity contribution in [3.8, 4) is 33.3 Å². The fourth-order valence-electron chi connectivity index (χ4n) is 7.95. The highest BCUT2D eigenvalue weighted by Crippen LogP contribution is 2.49. The molecule has 2 atom stereocenters. The number of anilines is 3. The van der Waals surface area contributed by atoms with Crippen LogP contribution in [0.3, 0.4) is 0 Å².